The highest BCUT2D eigenvalue weighted by atomic mass is 35.5. The van der Waals surface area contributed by atoms with Gasteiger partial charge in [-0.25, -0.2) is 88.8 Å². The smallest absolute Gasteiger partial charge is 0.380 e. The number of benzene rings is 4. The van der Waals surface area contributed by atoms with Crippen LogP contribution in [0.4, 0.5) is 106 Å². The molecule has 12 rings (SSSR count). The lowest BCUT2D eigenvalue weighted by Gasteiger charge is -2.22. The second kappa shape index (κ2) is 32.6. The minimum atomic E-state index is -4.69. The van der Waals surface area contributed by atoms with E-state index in [4.69, 9.17) is 46.4 Å². The summed E-state index contributed by atoms with van der Waals surface area (Å²) in [6, 6.07) is -0.288. The number of fused-ring (bicyclic) bond motifs is 4. The summed E-state index contributed by atoms with van der Waals surface area (Å²) >= 11 is 24.3. The van der Waals surface area contributed by atoms with E-state index < -0.39 is 144 Å². The Kier molecular flexibility index (Phi) is 25.0. The van der Waals surface area contributed by atoms with Crippen LogP contribution in [0.25, 0.3) is 89.2 Å². The van der Waals surface area contributed by atoms with Gasteiger partial charge in [-0.05, 0) is 83.9 Å². The maximum absolute atomic E-state index is 14.5. The lowest BCUT2D eigenvalue weighted by molar-refractivity contribution is -0.139. The number of hydrogen-bond donors (Lipinski definition) is 4. The average molecular weight is 1580 g/mol. The van der Waals surface area contributed by atoms with Gasteiger partial charge in [-0.1, -0.05) is 53.8 Å². The zero-order chi connectivity index (χ0) is 77.2. The van der Waals surface area contributed by atoms with Crippen LogP contribution in [0.1, 0.15) is 53.2 Å². The number of anilines is 4. The van der Waals surface area contributed by atoms with Gasteiger partial charge in [0.05, 0.1) is 67.3 Å². The molecule has 8 heterocycles. The zero-order valence-corrected chi connectivity index (χ0v) is 56.7. The van der Waals surface area contributed by atoms with E-state index in [9.17, 15) is 83.4 Å². The molecule has 3 atom stereocenters. The molecule has 0 amide bonds. The van der Waals surface area contributed by atoms with Crippen LogP contribution in [0.15, 0.2) is 79.9 Å². The van der Waals surface area contributed by atoms with E-state index in [-0.39, 0.29) is 91.5 Å². The molecule has 19 nitrogen and oxygen atoms in total. The molecule has 8 aromatic heterocycles. The standard InChI is InChI=1S/2C16H11ClF5N5.C16H12ClF3N4.C15H8ClF6N5.CH4/c2*1-6-3-8(18)10(9(19)4-6)11-12(25-7(2)16(20,21)22)13-15(26-14(11)17)27-24-5-23-13;1-7(2)23-13-12(11-9(19)5-8(18)6-10(11)20)15(17)24-16-14(13)21-3-4-22-16;1-5(15(20,21)22)25-11-10(9-7(18)2-6(17)3-8(9)19)13(16)26-14-12(11)23-4-24-27-14;/h2*3-5,7H,1-2H3,(H,25,26,27);3-7H,1-2H3,(H,22,23,24);2-5H,1H3,(H,25,26,27);1H4/t2*7-;;;/m10.../s1. The number of alkyl halides is 9. The number of nitrogens with one attached hydrogen (secondary N) is 4. The first kappa shape index (κ1) is 81.3. The molecule has 12 aromatic rings. The van der Waals surface area contributed by atoms with Crippen LogP contribution in [-0.4, -0.2) is 118 Å². The second-order valence-corrected chi connectivity index (χ2v) is 23.9. The molecule has 42 heteroatoms. The van der Waals surface area contributed by atoms with Crippen molar-refractivity contribution in [3.8, 4) is 44.5 Å². The van der Waals surface area contributed by atoms with Crippen molar-refractivity contribution < 1.29 is 83.4 Å². The highest BCUT2D eigenvalue weighted by Crippen LogP contribution is 2.47. The molecule has 0 spiro atoms. The van der Waals surface area contributed by atoms with Crippen LogP contribution >= 0.6 is 46.4 Å². The molecule has 0 saturated heterocycles. The molecule has 4 aromatic carbocycles. The number of aryl methyl sites for hydroxylation is 2. The maximum Gasteiger partial charge on any atom is 0.408 e. The molecule has 0 fully saturated rings. The van der Waals surface area contributed by atoms with Gasteiger partial charge in [0, 0.05) is 42.7 Å². The van der Waals surface area contributed by atoms with E-state index in [1.807, 2.05) is 13.8 Å². The summed E-state index contributed by atoms with van der Waals surface area (Å²) in [6.07, 6.45) is -8.22. The summed E-state index contributed by atoms with van der Waals surface area (Å²) < 4.78 is 259. The first-order chi connectivity index (χ1) is 49.2. The number of hydrogen-bond acceptors (Lipinski definition) is 19. The fraction of sp³-hybridized carbons (Fsp3) is 0.234. The summed E-state index contributed by atoms with van der Waals surface area (Å²) in [4.78, 5) is 35.3. The Morgan fingerprint density at radius 3 is 0.821 bits per heavy atom. The summed E-state index contributed by atoms with van der Waals surface area (Å²) in [5.74, 6) is -11.1. The predicted molar refractivity (Wildman–Crippen MR) is 356 cm³/mol. The quantitative estimate of drug-likeness (QED) is 0.0656. The SMILES string of the molecule is C.CC(C)Nc1c(-c2c(F)cc(F)cc2F)c(Cl)nc2nccnc12.CC(Nc1c(-c2c(F)cc(F)cc2F)c(Cl)nc2nncnc12)C(F)(F)F.Cc1cc(F)c(-c2c(Cl)nc3nncnc3c2N[C@@H](C)C(F)(F)F)c(F)c1.Cc1cc(F)c(-c2c(Cl)nc3nncnc3c2N[C@H](C)C(F)(F)F)c(F)c1. The van der Waals surface area contributed by atoms with Gasteiger partial charge in [0.1, 0.15) is 138 Å². The fourth-order valence-electron chi connectivity index (χ4n) is 9.73. The molecule has 558 valence electrons. The van der Waals surface area contributed by atoms with Crippen LogP contribution in [0.3, 0.4) is 0 Å². The van der Waals surface area contributed by atoms with E-state index >= 15 is 0 Å². The topological polar surface area (TPSA) is 241 Å². The van der Waals surface area contributed by atoms with Gasteiger partial charge in [0.15, 0.2) is 5.65 Å². The van der Waals surface area contributed by atoms with Crippen molar-refractivity contribution in [2.45, 2.75) is 98.6 Å². The Bertz CT molecular complexity index is 4820. The van der Waals surface area contributed by atoms with Crippen LogP contribution in [0, 0.1) is 72.0 Å². The largest absolute Gasteiger partial charge is 0.408 e. The molecule has 0 bridgehead atoms. The minimum Gasteiger partial charge on any atom is -0.380 e. The Hall–Kier alpha value is -10.3. The molecule has 106 heavy (non-hydrogen) atoms. The van der Waals surface area contributed by atoms with Gasteiger partial charge in [0.25, 0.3) is 0 Å². The fourth-order valence-corrected chi connectivity index (χ4v) is 10.8. The van der Waals surface area contributed by atoms with Gasteiger partial charge in [-0.2, -0.15) is 39.5 Å². The lowest BCUT2D eigenvalue weighted by atomic mass is 10.0. The van der Waals surface area contributed by atoms with Gasteiger partial charge in [-0.3, -0.25) is 0 Å². The molecular formula is C64H46Cl4F19N19. The average Bonchev–Trinajstić information content (AvgIpc) is 0.774. The molecule has 0 radical (unpaired) electrons. The first-order valence-electron chi connectivity index (χ1n) is 29.4. The van der Waals surface area contributed by atoms with Crippen molar-refractivity contribution in [2.75, 3.05) is 21.3 Å². The van der Waals surface area contributed by atoms with E-state index in [0.29, 0.717) is 40.9 Å². The second-order valence-electron chi connectivity index (χ2n) is 22.5. The van der Waals surface area contributed by atoms with Crippen molar-refractivity contribution in [1.29, 1.82) is 0 Å². The van der Waals surface area contributed by atoms with Crippen LogP contribution < -0.4 is 21.3 Å². The molecule has 4 N–H and O–H groups in total. The van der Waals surface area contributed by atoms with Gasteiger partial charge in [-0.15, -0.1) is 30.6 Å². The molecule has 0 aliphatic carbocycles. The first-order valence-corrected chi connectivity index (χ1v) is 31.0. The third-order valence-electron chi connectivity index (χ3n) is 14.5. The van der Waals surface area contributed by atoms with E-state index in [1.54, 1.807) is 0 Å². The van der Waals surface area contributed by atoms with Gasteiger partial charge in [0.2, 0.25) is 16.9 Å². The van der Waals surface area contributed by atoms with Crippen molar-refractivity contribution in [3.05, 3.63) is 170 Å². The number of aromatic nitrogens is 15. The lowest BCUT2D eigenvalue weighted by Crippen LogP contribution is -2.33. The molecule has 0 aliphatic rings. The predicted octanol–water partition coefficient (Wildman–Crippen LogP) is 19.1. The maximum atomic E-state index is 14.5. The zero-order valence-electron chi connectivity index (χ0n) is 53.7. The highest BCUT2D eigenvalue weighted by molar-refractivity contribution is 6.35. The molecular weight excluding hydrogens is 1540 g/mol. The number of rotatable bonds is 12. The summed E-state index contributed by atoms with van der Waals surface area (Å²) in [5, 5.41) is 29.3. The van der Waals surface area contributed by atoms with Crippen molar-refractivity contribution in [3.63, 3.8) is 0 Å². The Labute approximate surface area is 604 Å². The van der Waals surface area contributed by atoms with Crippen molar-refractivity contribution in [1.82, 2.24) is 75.4 Å². The van der Waals surface area contributed by atoms with E-state index in [2.05, 4.69) is 96.7 Å². The van der Waals surface area contributed by atoms with Crippen molar-refractivity contribution >= 4 is 114 Å². The van der Waals surface area contributed by atoms with Crippen LogP contribution in [0.5, 0.6) is 0 Å². The van der Waals surface area contributed by atoms with E-state index in [1.165, 1.54) is 26.2 Å². The third-order valence-corrected chi connectivity index (χ3v) is 15.5. The number of halogens is 23. The Morgan fingerprint density at radius 1 is 0.321 bits per heavy atom. The minimum absolute atomic E-state index is 0. The number of nitrogens with zero attached hydrogens (tertiary/aromatic N) is 15. The molecule has 1 unspecified atom stereocenters. The summed E-state index contributed by atoms with van der Waals surface area (Å²) in [6.45, 7) is 9.11. The molecule has 0 saturated carbocycles. The summed E-state index contributed by atoms with van der Waals surface area (Å²) in [7, 11) is 0. The van der Waals surface area contributed by atoms with Crippen molar-refractivity contribution in [2.24, 2.45) is 0 Å². The van der Waals surface area contributed by atoms with Crippen LogP contribution in [0.2, 0.25) is 20.6 Å². The number of pyridine rings is 4. The monoisotopic (exact) mass is 1580 g/mol. The highest BCUT2D eigenvalue weighted by Gasteiger charge is 2.41. The van der Waals surface area contributed by atoms with E-state index in [0.717, 1.165) is 64.0 Å². The Balaban J connectivity index is 0.000000178. The summed E-state index contributed by atoms with van der Waals surface area (Å²) in [5.41, 5.74) is -4.74. The molecule has 0 aliphatic heterocycles. The van der Waals surface area contributed by atoms with Crippen LogP contribution in [-0.2, 0) is 0 Å². The van der Waals surface area contributed by atoms with Gasteiger partial charge < -0.3 is 21.3 Å². The third kappa shape index (κ3) is 17.9. The van der Waals surface area contributed by atoms with Gasteiger partial charge >= 0.3 is 18.5 Å². The normalized spacial score (nSPS) is 12.5. The Morgan fingerprint density at radius 2 is 0.557 bits per heavy atom.